The fourth-order valence-electron chi connectivity index (χ4n) is 3.67. The summed E-state index contributed by atoms with van der Waals surface area (Å²) in [5.41, 5.74) is 2.97. The predicted octanol–water partition coefficient (Wildman–Crippen LogP) is 7.84. The molecule has 3 heteroatoms. The summed E-state index contributed by atoms with van der Waals surface area (Å²) < 4.78 is 0. The first kappa shape index (κ1) is 24.2. The van der Waals surface area contributed by atoms with Crippen molar-refractivity contribution in [2.45, 2.75) is 97.8 Å². The molecule has 0 saturated carbocycles. The summed E-state index contributed by atoms with van der Waals surface area (Å²) in [6, 6.07) is 7.77. The van der Waals surface area contributed by atoms with Crippen molar-refractivity contribution in [2.75, 3.05) is 0 Å². The lowest BCUT2D eigenvalue weighted by molar-refractivity contribution is 0.0978. The minimum Gasteiger partial charge on any atom is -0.294 e. The summed E-state index contributed by atoms with van der Waals surface area (Å²) in [4.78, 5) is 21.5. The lowest BCUT2D eigenvalue weighted by atomic mass is 9.98. The number of rotatable bonds is 15. The Kier molecular flexibility index (Phi) is 11.4. The second kappa shape index (κ2) is 14.1. The third-order valence-corrected chi connectivity index (χ3v) is 6.04. The number of carbonyl (C=O) groups is 1. The molecule has 0 aliphatic heterocycles. The molecule has 2 rings (SSSR count). The molecule has 0 radical (unpaired) electrons. The fraction of sp³-hybridized carbons (Fsp3) is 0.593. The van der Waals surface area contributed by atoms with Crippen molar-refractivity contribution in [3.8, 4) is 11.4 Å². The molecule has 1 heterocycles. The highest BCUT2D eigenvalue weighted by atomic mass is 16.1. The molecule has 164 valence electrons. The monoisotopic (exact) mass is 408 g/mol. The number of unbranched alkanes of at least 4 members (excludes halogenated alkanes) is 6. The Hall–Kier alpha value is -2.03. The molecular weight excluding hydrogens is 368 g/mol. The van der Waals surface area contributed by atoms with Crippen molar-refractivity contribution < 1.29 is 4.79 Å². The maximum Gasteiger partial charge on any atom is 0.162 e. The summed E-state index contributed by atoms with van der Waals surface area (Å²) in [5, 5.41) is 0. The summed E-state index contributed by atoms with van der Waals surface area (Å²) >= 11 is 0. The van der Waals surface area contributed by atoms with E-state index in [1.165, 1.54) is 56.9 Å². The zero-order valence-electron chi connectivity index (χ0n) is 19.3. The van der Waals surface area contributed by atoms with Gasteiger partial charge in [0, 0.05) is 29.9 Å². The quantitative estimate of drug-likeness (QED) is 0.223. The van der Waals surface area contributed by atoms with Gasteiger partial charge in [0.1, 0.15) is 0 Å². The Morgan fingerprint density at radius 1 is 0.867 bits per heavy atom. The number of aryl methyl sites for hydroxylation is 1. The molecule has 0 N–H and O–H groups in total. The summed E-state index contributed by atoms with van der Waals surface area (Å²) in [6.07, 6.45) is 18.0. The smallest absolute Gasteiger partial charge is 0.162 e. The van der Waals surface area contributed by atoms with Gasteiger partial charge in [0.2, 0.25) is 0 Å². The van der Waals surface area contributed by atoms with Crippen LogP contribution in [0.4, 0.5) is 0 Å². The van der Waals surface area contributed by atoms with Crippen molar-refractivity contribution in [1.29, 1.82) is 0 Å². The molecule has 1 atom stereocenters. The van der Waals surface area contributed by atoms with Gasteiger partial charge >= 0.3 is 0 Å². The van der Waals surface area contributed by atoms with Gasteiger partial charge in [-0.1, -0.05) is 96.4 Å². The molecule has 0 bridgehead atoms. The van der Waals surface area contributed by atoms with Gasteiger partial charge < -0.3 is 0 Å². The fourth-order valence-corrected chi connectivity index (χ4v) is 3.67. The number of hydrogen-bond acceptors (Lipinski definition) is 3. The maximum atomic E-state index is 12.4. The molecule has 0 spiro atoms. The van der Waals surface area contributed by atoms with Crippen LogP contribution < -0.4 is 0 Å². The molecule has 1 aromatic carbocycles. The third-order valence-electron chi connectivity index (χ3n) is 6.04. The van der Waals surface area contributed by atoms with Gasteiger partial charge in [-0.3, -0.25) is 4.79 Å². The molecule has 1 aromatic heterocycles. The molecule has 2 aromatic rings. The molecule has 30 heavy (non-hydrogen) atoms. The number of benzene rings is 1. The Morgan fingerprint density at radius 3 is 2.20 bits per heavy atom. The van der Waals surface area contributed by atoms with E-state index in [9.17, 15) is 4.79 Å². The molecular formula is C27H40N2O. The predicted molar refractivity (Wildman–Crippen MR) is 127 cm³/mol. The average Bonchev–Trinajstić information content (AvgIpc) is 2.79. The van der Waals surface area contributed by atoms with E-state index >= 15 is 0 Å². The van der Waals surface area contributed by atoms with E-state index in [2.05, 4.69) is 30.7 Å². The molecule has 0 amide bonds. The zero-order chi connectivity index (χ0) is 21.6. The highest BCUT2D eigenvalue weighted by Crippen LogP contribution is 2.18. The van der Waals surface area contributed by atoms with Crippen LogP contribution in [0.1, 0.15) is 107 Å². The normalized spacial score (nSPS) is 12.1. The SMILES string of the molecule is CCCCCCCCc1cnc(-c2ccc(C(=O)CCCC[C@@H](C)CC)cc2)nc1. The van der Waals surface area contributed by atoms with Gasteiger partial charge in [-0.25, -0.2) is 9.97 Å². The zero-order valence-corrected chi connectivity index (χ0v) is 19.3. The summed E-state index contributed by atoms with van der Waals surface area (Å²) in [7, 11) is 0. The molecule has 3 nitrogen and oxygen atoms in total. The van der Waals surface area contributed by atoms with E-state index < -0.39 is 0 Å². The van der Waals surface area contributed by atoms with Crippen molar-refractivity contribution in [2.24, 2.45) is 5.92 Å². The van der Waals surface area contributed by atoms with Gasteiger partial charge in [-0.15, -0.1) is 0 Å². The first-order valence-corrected chi connectivity index (χ1v) is 12.1. The van der Waals surface area contributed by atoms with Crippen LogP contribution in [0, 0.1) is 5.92 Å². The van der Waals surface area contributed by atoms with Crippen molar-refractivity contribution >= 4 is 5.78 Å². The Labute approximate surface area is 183 Å². The average molecular weight is 409 g/mol. The lowest BCUT2D eigenvalue weighted by Crippen LogP contribution is -2.00. The van der Waals surface area contributed by atoms with E-state index in [0.29, 0.717) is 6.42 Å². The van der Waals surface area contributed by atoms with E-state index in [-0.39, 0.29) is 5.78 Å². The Morgan fingerprint density at radius 2 is 1.53 bits per heavy atom. The van der Waals surface area contributed by atoms with Crippen LogP contribution in [0.5, 0.6) is 0 Å². The van der Waals surface area contributed by atoms with Crippen molar-refractivity contribution in [3.05, 3.63) is 47.8 Å². The minimum atomic E-state index is 0.237. The maximum absolute atomic E-state index is 12.4. The topological polar surface area (TPSA) is 42.9 Å². The van der Waals surface area contributed by atoms with Crippen LogP contribution in [0.25, 0.3) is 11.4 Å². The van der Waals surface area contributed by atoms with Crippen molar-refractivity contribution in [1.82, 2.24) is 9.97 Å². The van der Waals surface area contributed by atoms with Gasteiger partial charge in [-0.2, -0.15) is 0 Å². The minimum absolute atomic E-state index is 0.237. The highest BCUT2D eigenvalue weighted by Gasteiger charge is 2.08. The molecule has 0 aliphatic carbocycles. The first-order chi connectivity index (χ1) is 14.6. The lowest BCUT2D eigenvalue weighted by Gasteiger charge is -2.07. The number of ketones is 1. The van der Waals surface area contributed by atoms with Crippen LogP contribution in [0.3, 0.4) is 0 Å². The number of aromatic nitrogens is 2. The third kappa shape index (κ3) is 8.77. The number of hydrogen-bond donors (Lipinski definition) is 0. The van der Waals surface area contributed by atoms with Crippen LogP contribution in [0.15, 0.2) is 36.7 Å². The van der Waals surface area contributed by atoms with E-state index in [4.69, 9.17) is 0 Å². The number of carbonyl (C=O) groups excluding carboxylic acids is 1. The van der Waals surface area contributed by atoms with Gasteiger partial charge in [0.15, 0.2) is 11.6 Å². The molecule has 0 saturated heterocycles. The van der Waals surface area contributed by atoms with Gasteiger partial charge in [-0.05, 0) is 30.7 Å². The Bertz CT molecular complexity index is 722. The second-order valence-electron chi connectivity index (χ2n) is 8.69. The second-order valence-corrected chi connectivity index (χ2v) is 8.69. The summed E-state index contributed by atoms with van der Waals surface area (Å²) in [5.74, 6) is 1.73. The van der Waals surface area contributed by atoms with E-state index in [1.54, 1.807) is 0 Å². The molecule has 0 aliphatic rings. The highest BCUT2D eigenvalue weighted by molar-refractivity contribution is 5.96. The molecule has 0 fully saturated rings. The van der Waals surface area contributed by atoms with E-state index in [0.717, 1.165) is 42.1 Å². The largest absolute Gasteiger partial charge is 0.294 e. The van der Waals surface area contributed by atoms with E-state index in [1.807, 2.05) is 36.7 Å². The van der Waals surface area contributed by atoms with Gasteiger partial charge in [0.25, 0.3) is 0 Å². The van der Waals surface area contributed by atoms with Gasteiger partial charge in [0.05, 0.1) is 0 Å². The first-order valence-electron chi connectivity index (χ1n) is 12.1. The van der Waals surface area contributed by atoms with Crippen molar-refractivity contribution in [3.63, 3.8) is 0 Å². The standard InChI is InChI=1S/C27H40N2O/c1-4-6-7-8-9-10-14-23-20-28-27(29-21-23)25-18-16-24(17-19-25)26(30)15-12-11-13-22(3)5-2/h16-22H,4-15H2,1-3H3/t22-/m0/s1. The van der Waals surface area contributed by atoms with Crippen LogP contribution >= 0.6 is 0 Å². The number of Topliss-reactive ketones (excluding diaryl/α,β-unsaturated/α-hetero) is 1. The molecule has 0 unspecified atom stereocenters. The Balaban J connectivity index is 1.77. The van der Waals surface area contributed by atoms with Crippen LogP contribution in [-0.4, -0.2) is 15.8 Å². The summed E-state index contributed by atoms with van der Waals surface area (Å²) in [6.45, 7) is 6.76. The number of nitrogens with zero attached hydrogens (tertiary/aromatic N) is 2. The van der Waals surface area contributed by atoms with Crippen LogP contribution in [0.2, 0.25) is 0 Å². The van der Waals surface area contributed by atoms with Crippen LogP contribution in [-0.2, 0) is 6.42 Å².